The number of benzene rings is 2. The van der Waals surface area contributed by atoms with Crippen molar-refractivity contribution in [3.05, 3.63) is 53.8 Å². The summed E-state index contributed by atoms with van der Waals surface area (Å²) in [6.07, 6.45) is 0. The molecule has 0 saturated heterocycles. The maximum Gasteiger partial charge on any atom is 0.248 e. The molecule has 4 nitrogen and oxygen atoms in total. The Balaban J connectivity index is 2.24. The number of rotatable bonds is 3. The van der Waals surface area contributed by atoms with Crippen molar-refractivity contribution in [3.8, 4) is 11.5 Å². The first-order chi connectivity index (χ1) is 8.58. The van der Waals surface area contributed by atoms with Gasteiger partial charge in [-0.1, -0.05) is 6.07 Å². The van der Waals surface area contributed by atoms with Gasteiger partial charge in [0, 0.05) is 5.56 Å². The van der Waals surface area contributed by atoms with Crippen LogP contribution in [0, 0.1) is 5.82 Å². The standard InChI is InChI=1S/C13H11FN2O2/c14-10-2-1-3-11(12(10)15)18-9-6-4-8(5-7-9)13(16)17/h1-7H,15H2,(H2,16,17). The molecule has 5 heteroatoms. The third-order valence-corrected chi connectivity index (χ3v) is 2.38. The second kappa shape index (κ2) is 4.75. The fourth-order valence-corrected chi connectivity index (χ4v) is 1.42. The molecule has 2 aromatic carbocycles. The Hall–Kier alpha value is -2.56. The second-order valence-electron chi connectivity index (χ2n) is 3.64. The van der Waals surface area contributed by atoms with Gasteiger partial charge >= 0.3 is 0 Å². The minimum atomic E-state index is -0.541. The number of hydrogen-bond donors (Lipinski definition) is 2. The van der Waals surface area contributed by atoms with Gasteiger partial charge in [0.05, 0.1) is 0 Å². The topological polar surface area (TPSA) is 78.3 Å². The number of anilines is 1. The van der Waals surface area contributed by atoms with E-state index in [4.69, 9.17) is 16.2 Å². The molecule has 2 aromatic rings. The fourth-order valence-electron chi connectivity index (χ4n) is 1.42. The van der Waals surface area contributed by atoms with Crippen molar-refractivity contribution in [2.75, 3.05) is 5.73 Å². The maximum absolute atomic E-state index is 13.2. The summed E-state index contributed by atoms with van der Waals surface area (Å²) in [5, 5.41) is 0. The number of hydrogen-bond acceptors (Lipinski definition) is 3. The SMILES string of the molecule is NC(=O)c1ccc(Oc2cccc(F)c2N)cc1. The average Bonchev–Trinajstić information content (AvgIpc) is 2.36. The van der Waals surface area contributed by atoms with Crippen LogP contribution in [0.4, 0.5) is 10.1 Å². The van der Waals surface area contributed by atoms with Crippen molar-refractivity contribution in [1.29, 1.82) is 0 Å². The Morgan fingerprint density at radius 1 is 1.11 bits per heavy atom. The zero-order valence-electron chi connectivity index (χ0n) is 9.39. The van der Waals surface area contributed by atoms with E-state index in [0.29, 0.717) is 11.3 Å². The lowest BCUT2D eigenvalue weighted by Gasteiger charge is -2.08. The van der Waals surface area contributed by atoms with E-state index in [9.17, 15) is 9.18 Å². The van der Waals surface area contributed by atoms with E-state index in [1.54, 1.807) is 18.2 Å². The lowest BCUT2D eigenvalue weighted by molar-refractivity contribution is 0.100. The van der Waals surface area contributed by atoms with E-state index in [2.05, 4.69) is 0 Å². The van der Waals surface area contributed by atoms with Gasteiger partial charge in [0.2, 0.25) is 5.91 Å². The first kappa shape index (κ1) is 11.9. The van der Waals surface area contributed by atoms with Crippen LogP contribution in [0.1, 0.15) is 10.4 Å². The van der Waals surface area contributed by atoms with Crippen molar-refractivity contribution in [2.24, 2.45) is 5.73 Å². The first-order valence-corrected chi connectivity index (χ1v) is 5.19. The lowest BCUT2D eigenvalue weighted by Crippen LogP contribution is -2.10. The molecular weight excluding hydrogens is 235 g/mol. The molecule has 0 aliphatic heterocycles. The largest absolute Gasteiger partial charge is 0.455 e. The van der Waals surface area contributed by atoms with E-state index in [-0.39, 0.29) is 11.4 Å². The maximum atomic E-state index is 13.2. The van der Waals surface area contributed by atoms with Crippen LogP contribution in [-0.2, 0) is 0 Å². The van der Waals surface area contributed by atoms with E-state index in [1.807, 2.05) is 0 Å². The Kier molecular flexibility index (Phi) is 3.14. The van der Waals surface area contributed by atoms with Gasteiger partial charge in [0.25, 0.3) is 0 Å². The van der Waals surface area contributed by atoms with Gasteiger partial charge in [-0.3, -0.25) is 4.79 Å². The smallest absolute Gasteiger partial charge is 0.248 e. The molecule has 0 unspecified atom stereocenters. The van der Waals surface area contributed by atoms with Gasteiger partial charge in [-0.25, -0.2) is 4.39 Å². The van der Waals surface area contributed by atoms with Crippen LogP contribution >= 0.6 is 0 Å². The van der Waals surface area contributed by atoms with Crippen molar-refractivity contribution >= 4 is 11.6 Å². The van der Waals surface area contributed by atoms with E-state index >= 15 is 0 Å². The number of amides is 1. The van der Waals surface area contributed by atoms with Crippen molar-refractivity contribution < 1.29 is 13.9 Å². The van der Waals surface area contributed by atoms with Crippen LogP contribution in [-0.4, -0.2) is 5.91 Å². The minimum absolute atomic E-state index is 0.0588. The predicted octanol–water partition coefficient (Wildman–Crippen LogP) is 2.30. The Morgan fingerprint density at radius 2 is 1.78 bits per heavy atom. The zero-order chi connectivity index (χ0) is 13.1. The van der Waals surface area contributed by atoms with Gasteiger partial charge < -0.3 is 16.2 Å². The van der Waals surface area contributed by atoms with Gasteiger partial charge in [-0.15, -0.1) is 0 Å². The van der Waals surface area contributed by atoms with Gasteiger partial charge in [0.1, 0.15) is 17.3 Å². The molecule has 4 N–H and O–H groups in total. The average molecular weight is 246 g/mol. The quantitative estimate of drug-likeness (QED) is 0.815. The molecule has 92 valence electrons. The third kappa shape index (κ3) is 2.40. The number of carbonyl (C=O) groups is 1. The van der Waals surface area contributed by atoms with Crippen LogP contribution in [0.3, 0.4) is 0 Å². The number of para-hydroxylation sites is 1. The van der Waals surface area contributed by atoms with E-state index < -0.39 is 11.7 Å². The number of ether oxygens (including phenoxy) is 1. The normalized spacial score (nSPS) is 10.1. The molecular formula is C13H11FN2O2. The van der Waals surface area contributed by atoms with Gasteiger partial charge in [0.15, 0.2) is 5.75 Å². The summed E-state index contributed by atoms with van der Waals surface area (Å²) >= 11 is 0. The van der Waals surface area contributed by atoms with E-state index in [1.165, 1.54) is 24.3 Å². The van der Waals surface area contributed by atoms with Crippen molar-refractivity contribution in [1.82, 2.24) is 0 Å². The summed E-state index contributed by atoms with van der Waals surface area (Å²) in [5.41, 5.74) is 11.0. The highest BCUT2D eigenvalue weighted by Crippen LogP contribution is 2.29. The Labute approximate surface area is 103 Å². The van der Waals surface area contributed by atoms with Crippen molar-refractivity contribution in [2.45, 2.75) is 0 Å². The Morgan fingerprint density at radius 3 is 2.39 bits per heavy atom. The van der Waals surface area contributed by atoms with Crippen LogP contribution in [0.15, 0.2) is 42.5 Å². The van der Waals surface area contributed by atoms with Crippen LogP contribution in [0.5, 0.6) is 11.5 Å². The number of primary amides is 1. The van der Waals surface area contributed by atoms with E-state index in [0.717, 1.165) is 0 Å². The molecule has 0 atom stereocenters. The molecule has 18 heavy (non-hydrogen) atoms. The summed E-state index contributed by atoms with van der Waals surface area (Å²) in [7, 11) is 0. The molecule has 0 fully saturated rings. The molecule has 0 radical (unpaired) electrons. The second-order valence-corrected chi connectivity index (χ2v) is 3.64. The molecule has 0 spiro atoms. The Bertz CT molecular complexity index is 582. The number of carbonyl (C=O) groups excluding carboxylic acids is 1. The highest BCUT2D eigenvalue weighted by molar-refractivity contribution is 5.92. The van der Waals surface area contributed by atoms with Gasteiger partial charge in [-0.2, -0.15) is 0 Å². The van der Waals surface area contributed by atoms with Gasteiger partial charge in [-0.05, 0) is 36.4 Å². The first-order valence-electron chi connectivity index (χ1n) is 5.19. The summed E-state index contributed by atoms with van der Waals surface area (Å²) < 4.78 is 18.6. The lowest BCUT2D eigenvalue weighted by atomic mass is 10.2. The number of halogens is 1. The zero-order valence-corrected chi connectivity index (χ0v) is 9.39. The molecule has 0 aromatic heterocycles. The summed E-state index contributed by atoms with van der Waals surface area (Å²) in [6.45, 7) is 0. The number of nitrogens with two attached hydrogens (primary N) is 2. The molecule has 0 bridgehead atoms. The van der Waals surface area contributed by atoms with Crippen LogP contribution in [0.2, 0.25) is 0 Å². The van der Waals surface area contributed by atoms with Crippen LogP contribution in [0.25, 0.3) is 0 Å². The molecule has 0 aliphatic carbocycles. The molecule has 0 saturated carbocycles. The monoisotopic (exact) mass is 246 g/mol. The van der Waals surface area contributed by atoms with Crippen LogP contribution < -0.4 is 16.2 Å². The van der Waals surface area contributed by atoms with Crippen molar-refractivity contribution in [3.63, 3.8) is 0 Å². The summed E-state index contributed by atoms with van der Waals surface area (Å²) in [5.74, 6) is -0.396. The molecule has 1 amide bonds. The predicted molar refractivity (Wildman–Crippen MR) is 65.8 cm³/mol. The minimum Gasteiger partial charge on any atom is -0.455 e. The molecule has 0 aliphatic rings. The molecule has 0 heterocycles. The molecule has 2 rings (SSSR count). The highest BCUT2D eigenvalue weighted by atomic mass is 19.1. The highest BCUT2D eigenvalue weighted by Gasteiger charge is 2.07. The summed E-state index contributed by atoms with van der Waals surface area (Å²) in [4.78, 5) is 10.9. The third-order valence-electron chi connectivity index (χ3n) is 2.38. The fraction of sp³-hybridized carbons (Fsp3) is 0. The summed E-state index contributed by atoms with van der Waals surface area (Å²) in [6, 6.07) is 10.5. The number of nitrogen functional groups attached to an aromatic ring is 1.